The molecule has 10 nitrogen and oxygen atoms in total. The predicted octanol–water partition coefficient (Wildman–Crippen LogP) is 3.92. The van der Waals surface area contributed by atoms with Crippen LogP contribution in [0.2, 0.25) is 0 Å². The number of aromatic nitrogens is 4. The second kappa shape index (κ2) is 9.14. The fourth-order valence-electron chi connectivity index (χ4n) is 3.93. The van der Waals surface area contributed by atoms with Crippen LogP contribution in [0.25, 0.3) is 22.5 Å². The summed E-state index contributed by atoms with van der Waals surface area (Å²) in [7, 11) is 3.46. The summed E-state index contributed by atoms with van der Waals surface area (Å²) in [6, 6.07) is 5.48. The van der Waals surface area contributed by atoms with Crippen molar-refractivity contribution in [3.05, 3.63) is 48.0 Å². The number of rotatable bonds is 6. The predicted molar refractivity (Wildman–Crippen MR) is 126 cm³/mol. The van der Waals surface area contributed by atoms with E-state index in [4.69, 9.17) is 18.9 Å². The highest BCUT2D eigenvalue weighted by molar-refractivity contribution is 5.96. The number of aromatic amines is 1. The Morgan fingerprint density at radius 3 is 2.76 bits per heavy atom. The van der Waals surface area contributed by atoms with E-state index in [1.54, 1.807) is 37.5 Å². The lowest BCUT2D eigenvalue weighted by Gasteiger charge is -2.23. The van der Waals surface area contributed by atoms with Crippen LogP contribution in [-0.2, 0) is 4.74 Å². The number of hydrogen-bond donors (Lipinski definition) is 2. The summed E-state index contributed by atoms with van der Waals surface area (Å²) in [4.78, 5) is 30.7. The molecular weight excluding hydrogens is 436 g/mol. The molecule has 0 saturated carbocycles. The second-order valence-corrected chi connectivity index (χ2v) is 8.40. The minimum Gasteiger partial charge on any atom is -0.474 e. The minimum absolute atomic E-state index is 0.00919. The van der Waals surface area contributed by atoms with Crippen molar-refractivity contribution in [2.24, 2.45) is 0 Å². The number of oxazole rings is 1. The first-order valence-electron chi connectivity index (χ1n) is 11.1. The Bertz CT molecular complexity index is 1310. The molecule has 0 aliphatic carbocycles. The molecule has 1 aromatic carbocycles. The molecule has 0 unspecified atom stereocenters. The number of nitrogens with one attached hydrogen (secondary N) is 2. The molecule has 0 radical (unpaired) electrons. The monoisotopic (exact) mass is 462 g/mol. The van der Waals surface area contributed by atoms with Crippen LogP contribution < -0.4 is 10.1 Å². The number of nitrogens with zero attached hydrogens (tertiary/aromatic N) is 4. The molecule has 2 N–H and O–H groups in total. The number of amides is 1. The van der Waals surface area contributed by atoms with Gasteiger partial charge in [0.2, 0.25) is 17.7 Å². The molecule has 0 bridgehead atoms. The van der Waals surface area contributed by atoms with Crippen LogP contribution in [-0.4, -0.2) is 64.2 Å². The van der Waals surface area contributed by atoms with Gasteiger partial charge in [-0.1, -0.05) is 0 Å². The second-order valence-electron chi connectivity index (χ2n) is 8.40. The average molecular weight is 463 g/mol. The van der Waals surface area contributed by atoms with Crippen LogP contribution in [0.3, 0.4) is 0 Å². The zero-order valence-corrected chi connectivity index (χ0v) is 19.3. The summed E-state index contributed by atoms with van der Waals surface area (Å²) < 4.78 is 17.3. The number of benzene rings is 1. The van der Waals surface area contributed by atoms with Crippen LogP contribution in [0.5, 0.6) is 5.88 Å². The van der Waals surface area contributed by atoms with Gasteiger partial charge >= 0.3 is 0 Å². The fourth-order valence-corrected chi connectivity index (χ4v) is 3.93. The van der Waals surface area contributed by atoms with Gasteiger partial charge in [0.15, 0.2) is 0 Å². The molecular formula is C24H26N6O4. The molecule has 10 heteroatoms. The summed E-state index contributed by atoms with van der Waals surface area (Å²) in [6.45, 7) is 3.24. The van der Waals surface area contributed by atoms with E-state index >= 15 is 0 Å². The fraction of sp³-hybridized carbons (Fsp3) is 0.333. The van der Waals surface area contributed by atoms with Crippen molar-refractivity contribution in [2.45, 2.75) is 25.9 Å². The third-order valence-corrected chi connectivity index (χ3v) is 5.73. The maximum Gasteiger partial charge on any atom is 0.253 e. The number of aryl methyl sites for hydroxylation is 1. The van der Waals surface area contributed by atoms with Crippen LogP contribution in [0.1, 0.15) is 28.8 Å². The third kappa shape index (κ3) is 4.32. The number of ether oxygens (including phenoxy) is 2. The van der Waals surface area contributed by atoms with E-state index in [1.165, 1.54) is 6.26 Å². The quantitative estimate of drug-likeness (QED) is 0.443. The molecule has 5 rings (SSSR count). The molecule has 3 aromatic heterocycles. The first kappa shape index (κ1) is 21.9. The minimum atomic E-state index is -0.0510. The smallest absolute Gasteiger partial charge is 0.253 e. The molecule has 34 heavy (non-hydrogen) atoms. The maximum absolute atomic E-state index is 12.3. The van der Waals surface area contributed by atoms with Crippen molar-refractivity contribution in [1.29, 1.82) is 0 Å². The average Bonchev–Trinajstić information content (AvgIpc) is 3.50. The Morgan fingerprint density at radius 1 is 1.24 bits per heavy atom. The molecule has 1 fully saturated rings. The van der Waals surface area contributed by atoms with E-state index in [2.05, 4.69) is 20.3 Å². The van der Waals surface area contributed by atoms with Gasteiger partial charge in [-0.2, -0.15) is 9.97 Å². The van der Waals surface area contributed by atoms with Crippen molar-refractivity contribution in [2.75, 3.05) is 32.6 Å². The van der Waals surface area contributed by atoms with Crippen LogP contribution >= 0.6 is 0 Å². The molecule has 176 valence electrons. The Morgan fingerprint density at radius 2 is 2.06 bits per heavy atom. The molecule has 4 aromatic rings. The summed E-state index contributed by atoms with van der Waals surface area (Å²) >= 11 is 0. The van der Waals surface area contributed by atoms with E-state index in [1.807, 2.05) is 19.1 Å². The SMILES string of the molecule is Cc1cc(C(=O)N(C)C)ccc1Nc1nc(OC2CCOCC2)c2c(-c3ncco3)c[nH]c2n1. The van der Waals surface area contributed by atoms with Gasteiger partial charge in [0.05, 0.1) is 30.4 Å². The summed E-state index contributed by atoms with van der Waals surface area (Å²) in [5.41, 5.74) is 3.65. The van der Waals surface area contributed by atoms with Crippen molar-refractivity contribution in [3.63, 3.8) is 0 Å². The number of carbonyl (C=O) groups is 1. The maximum atomic E-state index is 12.3. The van der Waals surface area contributed by atoms with Gasteiger partial charge in [-0.3, -0.25) is 4.79 Å². The Hall–Kier alpha value is -3.92. The van der Waals surface area contributed by atoms with Gasteiger partial charge in [-0.15, -0.1) is 0 Å². The molecule has 1 aliphatic heterocycles. The topological polar surface area (TPSA) is 118 Å². The highest BCUT2D eigenvalue weighted by Gasteiger charge is 2.23. The van der Waals surface area contributed by atoms with E-state index < -0.39 is 0 Å². The highest BCUT2D eigenvalue weighted by atomic mass is 16.5. The van der Waals surface area contributed by atoms with E-state index in [9.17, 15) is 4.79 Å². The number of carbonyl (C=O) groups excluding carboxylic acids is 1. The lowest BCUT2D eigenvalue weighted by Crippen LogP contribution is -2.26. The Balaban J connectivity index is 1.51. The lowest BCUT2D eigenvalue weighted by molar-refractivity contribution is 0.0244. The molecule has 1 saturated heterocycles. The normalized spacial score (nSPS) is 14.3. The van der Waals surface area contributed by atoms with E-state index in [0.717, 1.165) is 29.7 Å². The van der Waals surface area contributed by atoms with Crippen molar-refractivity contribution in [1.82, 2.24) is 24.8 Å². The van der Waals surface area contributed by atoms with Crippen molar-refractivity contribution >= 4 is 28.6 Å². The zero-order chi connectivity index (χ0) is 23.7. The van der Waals surface area contributed by atoms with Crippen molar-refractivity contribution in [3.8, 4) is 17.3 Å². The van der Waals surface area contributed by atoms with Gasteiger partial charge in [0, 0.05) is 44.4 Å². The number of fused-ring (bicyclic) bond motifs is 1. The number of hydrogen-bond acceptors (Lipinski definition) is 8. The van der Waals surface area contributed by atoms with E-state index in [0.29, 0.717) is 47.5 Å². The van der Waals surface area contributed by atoms with E-state index in [-0.39, 0.29) is 12.0 Å². The number of anilines is 2. The first-order chi connectivity index (χ1) is 16.5. The summed E-state index contributed by atoms with van der Waals surface area (Å²) in [5, 5.41) is 3.98. The van der Waals surface area contributed by atoms with Gasteiger partial charge in [-0.25, -0.2) is 4.98 Å². The van der Waals surface area contributed by atoms with Gasteiger partial charge in [0.1, 0.15) is 18.0 Å². The van der Waals surface area contributed by atoms with Gasteiger partial charge < -0.3 is 29.1 Å². The Kier molecular flexibility index (Phi) is 5.89. The largest absolute Gasteiger partial charge is 0.474 e. The standard InChI is InChI=1S/C24H26N6O4/c1-14-12-15(23(31)30(2)3)4-5-18(14)27-24-28-20-19(17(13-26-20)21-25-8-11-33-21)22(29-24)34-16-6-9-32-10-7-16/h4-5,8,11-13,16H,6-7,9-10H2,1-3H3,(H2,26,27,28,29). The first-order valence-corrected chi connectivity index (χ1v) is 11.1. The third-order valence-electron chi connectivity index (χ3n) is 5.73. The molecule has 0 atom stereocenters. The number of H-pyrrole nitrogens is 1. The molecule has 4 heterocycles. The van der Waals surface area contributed by atoms with Gasteiger partial charge in [-0.05, 0) is 30.7 Å². The summed E-state index contributed by atoms with van der Waals surface area (Å²) in [5.74, 6) is 1.24. The molecule has 1 aliphatic rings. The lowest BCUT2D eigenvalue weighted by atomic mass is 10.1. The van der Waals surface area contributed by atoms with Crippen LogP contribution in [0.15, 0.2) is 41.3 Å². The highest BCUT2D eigenvalue weighted by Crippen LogP contribution is 2.35. The summed E-state index contributed by atoms with van der Waals surface area (Å²) in [6.07, 6.45) is 6.47. The zero-order valence-electron chi connectivity index (χ0n) is 19.3. The van der Waals surface area contributed by atoms with Gasteiger partial charge in [0.25, 0.3) is 5.91 Å². The molecule has 1 amide bonds. The molecule has 0 spiro atoms. The van der Waals surface area contributed by atoms with Crippen molar-refractivity contribution < 1.29 is 18.7 Å². The van der Waals surface area contributed by atoms with Crippen LogP contribution in [0, 0.1) is 6.92 Å². The Labute approximate surface area is 196 Å². The van der Waals surface area contributed by atoms with Crippen LogP contribution in [0.4, 0.5) is 11.6 Å².